The van der Waals surface area contributed by atoms with Crippen molar-refractivity contribution in [1.82, 2.24) is 5.32 Å². The second-order valence-corrected chi connectivity index (χ2v) is 6.35. The normalized spacial score (nSPS) is 10.8. The van der Waals surface area contributed by atoms with Crippen molar-refractivity contribution in [3.8, 4) is 17.2 Å². The number of rotatable bonds is 9. The van der Waals surface area contributed by atoms with Gasteiger partial charge in [0.25, 0.3) is 5.91 Å². The van der Waals surface area contributed by atoms with Gasteiger partial charge in [0, 0.05) is 18.7 Å². The molecule has 0 unspecified atom stereocenters. The molecule has 7 nitrogen and oxygen atoms in total. The molecule has 0 saturated heterocycles. The van der Waals surface area contributed by atoms with Crippen molar-refractivity contribution in [1.29, 1.82) is 0 Å². The van der Waals surface area contributed by atoms with Gasteiger partial charge in [0.15, 0.2) is 18.1 Å². The first-order valence-electron chi connectivity index (χ1n) is 9.54. The lowest BCUT2D eigenvalue weighted by atomic mass is 10.1. The zero-order chi connectivity index (χ0) is 22.1. The molecule has 0 fully saturated rings. The van der Waals surface area contributed by atoms with Crippen LogP contribution < -0.4 is 14.8 Å². The Hall–Kier alpha value is -4.13. The molecule has 3 rings (SSSR count). The fraction of sp³-hybridized carbons (Fsp3) is 0.125. The number of para-hydroxylation sites is 1. The van der Waals surface area contributed by atoms with Gasteiger partial charge in [-0.05, 0) is 24.3 Å². The number of oxime groups is 1. The lowest BCUT2D eigenvalue weighted by molar-refractivity contribution is -0.114. The number of amides is 1. The number of hydrogen-bond donors (Lipinski definition) is 1. The summed E-state index contributed by atoms with van der Waals surface area (Å²) in [7, 11) is 2.87. The van der Waals surface area contributed by atoms with Gasteiger partial charge in [0.1, 0.15) is 24.4 Å². The number of carbonyl (C=O) groups excluding carboxylic acids is 2. The molecule has 3 aromatic rings. The molecular formula is C24H22N2O5. The van der Waals surface area contributed by atoms with Crippen LogP contribution in [0.15, 0.2) is 84.0 Å². The van der Waals surface area contributed by atoms with Crippen molar-refractivity contribution in [2.75, 3.05) is 20.8 Å². The minimum atomic E-state index is -0.408. The SMILES string of the molecule is CNC(=O)C(=NOC)c1ccccc1Oc1cccc(OCC(=O)c2ccccc2)c1. The summed E-state index contributed by atoms with van der Waals surface area (Å²) in [6, 6.07) is 22.8. The molecule has 0 bridgehead atoms. The largest absolute Gasteiger partial charge is 0.485 e. The van der Waals surface area contributed by atoms with Crippen LogP contribution in [0.3, 0.4) is 0 Å². The van der Waals surface area contributed by atoms with Crippen LogP contribution in [-0.4, -0.2) is 38.2 Å². The first kappa shape index (κ1) is 21.6. The molecule has 3 aromatic carbocycles. The van der Waals surface area contributed by atoms with Crippen molar-refractivity contribution >= 4 is 17.4 Å². The molecule has 31 heavy (non-hydrogen) atoms. The van der Waals surface area contributed by atoms with E-state index < -0.39 is 5.91 Å². The van der Waals surface area contributed by atoms with Crippen molar-refractivity contribution in [2.45, 2.75) is 0 Å². The fourth-order valence-corrected chi connectivity index (χ4v) is 2.78. The zero-order valence-corrected chi connectivity index (χ0v) is 17.2. The monoisotopic (exact) mass is 418 g/mol. The average Bonchev–Trinajstić information content (AvgIpc) is 2.82. The van der Waals surface area contributed by atoms with E-state index in [0.29, 0.717) is 28.4 Å². The molecule has 0 saturated carbocycles. The Morgan fingerprint density at radius 3 is 2.35 bits per heavy atom. The first-order valence-corrected chi connectivity index (χ1v) is 9.54. The van der Waals surface area contributed by atoms with E-state index in [9.17, 15) is 9.59 Å². The summed E-state index contributed by atoms with van der Waals surface area (Å²) in [5.74, 6) is 0.846. The predicted octanol–water partition coefficient (Wildman–Crippen LogP) is 3.84. The maximum Gasteiger partial charge on any atom is 0.273 e. The third-order valence-electron chi connectivity index (χ3n) is 4.27. The van der Waals surface area contributed by atoms with E-state index in [0.717, 1.165) is 0 Å². The number of hydrogen-bond acceptors (Lipinski definition) is 6. The van der Waals surface area contributed by atoms with Crippen LogP contribution in [0, 0.1) is 0 Å². The molecule has 1 N–H and O–H groups in total. The van der Waals surface area contributed by atoms with E-state index >= 15 is 0 Å². The highest BCUT2D eigenvalue weighted by atomic mass is 16.6. The van der Waals surface area contributed by atoms with E-state index in [4.69, 9.17) is 14.3 Å². The van der Waals surface area contributed by atoms with Crippen molar-refractivity contribution in [2.24, 2.45) is 5.16 Å². The van der Waals surface area contributed by atoms with E-state index in [-0.39, 0.29) is 18.1 Å². The second kappa shape index (κ2) is 10.6. The lowest BCUT2D eigenvalue weighted by Crippen LogP contribution is -2.28. The Bertz CT molecular complexity index is 1080. The summed E-state index contributed by atoms with van der Waals surface area (Å²) in [6.07, 6.45) is 0. The van der Waals surface area contributed by atoms with E-state index in [2.05, 4.69) is 10.5 Å². The van der Waals surface area contributed by atoms with Crippen LogP contribution in [0.5, 0.6) is 17.2 Å². The Morgan fingerprint density at radius 1 is 0.903 bits per heavy atom. The van der Waals surface area contributed by atoms with E-state index in [1.807, 2.05) is 6.07 Å². The first-order chi connectivity index (χ1) is 15.1. The third-order valence-corrected chi connectivity index (χ3v) is 4.27. The predicted molar refractivity (Wildman–Crippen MR) is 117 cm³/mol. The molecular weight excluding hydrogens is 396 g/mol. The molecule has 0 aliphatic heterocycles. The van der Waals surface area contributed by atoms with Crippen LogP contribution in [0.1, 0.15) is 15.9 Å². The van der Waals surface area contributed by atoms with Gasteiger partial charge in [-0.3, -0.25) is 9.59 Å². The Labute approximate surface area is 180 Å². The summed E-state index contributed by atoms with van der Waals surface area (Å²) in [5.41, 5.74) is 1.14. The van der Waals surface area contributed by atoms with E-state index in [1.54, 1.807) is 72.8 Å². The molecule has 0 atom stereocenters. The molecule has 0 radical (unpaired) electrons. The lowest BCUT2D eigenvalue weighted by Gasteiger charge is -2.13. The number of carbonyl (C=O) groups is 2. The highest BCUT2D eigenvalue weighted by Gasteiger charge is 2.18. The molecule has 1 amide bonds. The Kier molecular flexibility index (Phi) is 7.37. The second-order valence-electron chi connectivity index (χ2n) is 6.35. The highest BCUT2D eigenvalue weighted by molar-refractivity contribution is 6.45. The van der Waals surface area contributed by atoms with Gasteiger partial charge >= 0.3 is 0 Å². The summed E-state index contributed by atoms with van der Waals surface area (Å²) >= 11 is 0. The van der Waals surface area contributed by atoms with Gasteiger partial charge < -0.3 is 19.6 Å². The number of likely N-dealkylation sites (N-methyl/N-ethyl adjacent to an activating group) is 1. The van der Waals surface area contributed by atoms with Crippen LogP contribution in [0.2, 0.25) is 0 Å². The molecule has 158 valence electrons. The molecule has 0 aliphatic carbocycles. The number of ether oxygens (including phenoxy) is 2. The minimum absolute atomic E-state index is 0.0847. The standard InChI is InChI=1S/C24H22N2O5/c1-25-24(28)23(26-29-2)20-13-6-7-14-22(20)31-19-12-8-11-18(15-19)30-16-21(27)17-9-4-3-5-10-17/h3-15H,16H2,1-2H3,(H,25,28). The fourth-order valence-electron chi connectivity index (χ4n) is 2.78. The maximum atomic E-state index is 12.2. The van der Waals surface area contributed by atoms with Gasteiger partial charge in [-0.15, -0.1) is 0 Å². The average molecular weight is 418 g/mol. The molecule has 0 spiro atoms. The van der Waals surface area contributed by atoms with Crippen molar-refractivity contribution < 1.29 is 23.9 Å². The number of nitrogens with one attached hydrogen (secondary N) is 1. The summed E-state index contributed by atoms with van der Waals surface area (Å²) in [5, 5.41) is 6.36. The van der Waals surface area contributed by atoms with Gasteiger partial charge in [0.2, 0.25) is 0 Å². The summed E-state index contributed by atoms with van der Waals surface area (Å²) < 4.78 is 11.6. The Balaban J connectivity index is 1.76. The molecule has 0 aromatic heterocycles. The van der Waals surface area contributed by atoms with Crippen LogP contribution >= 0.6 is 0 Å². The van der Waals surface area contributed by atoms with Crippen LogP contribution in [0.4, 0.5) is 0 Å². The van der Waals surface area contributed by atoms with Crippen molar-refractivity contribution in [3.63, 3.8) is 0 Å². The topological polar surface area (TPSA) is 86.2 Å². The molecule has 7 heteroatoms. The van der Waals surface area contributed by atoms with Crippen LogP contribution in [0.25, 0.3) is 0 Å². The van der Waals surface area contributed by atoms with Gasteiger partial charge in [0.05, 0.1) is 5.56 Å². The summed E-state index contributed by atoms with van der Waals surface area (Å²) in [6.45, 7) is -0.0919. The highest BCUT2D eigenvalue weighted by Crippen LogP contribution is 2.28. The molecule has 0 heterocycles. The van der Waals surface area contributed by atoms with Crippen LogP contribution in [-0.2, 0) is 9.63 Å². The van der Waals surface area contributed by atoms with Gasteiger partial charge in [-0.25, -0.2) is 0 Å². The summed E-state index contributed by atoms with van der Waals surface area (Å²) in [4.78, 5) is 29.3. The smallest absolute Gasteiger partial charge is 0.273 e. The van der Waals surface area contributed by atoms with Gasteiger partial charge in [-0.1, -0.05) is 53.7 Å². The number of benzene rings is 3. The number of nitrogens with zero attached hydrogens (tertiary/aromatic N) is 1. The van der Waals surface area contributed by atoms with Crippen molar-refractivity contribution in [3.05, 3.63) is 90.0 Å². The Morgan fingerprint density at radius 2 is 1.61 bits per heavy atom. The van der Waals surface area contributed by atoms with Gasteiger partial charge in [-0.2, -0.15) is 0 Å². The quantitative estimate of drug-likeness (QED) is 0.324. The maximum absolute atomic E-state index is 12.2. The number of ketones is 1. The third kappa shape index (κ3) is 5.70. The zero-order valence-electron chi connectivity index (χ0n) is 17.2. The minimum Gasteiger partial charge on any atom is -0.485 e. The molecule has 0 aliphatic rings. The number of Topliss-reactive ketones (excluding diaryl/α,β-unsaturated/α-hetero) is 1. The van der Waals surface area contributed by atoms with E-state index in [1.165, 1.54) is 14.2 Å².